The van der Waals surface area contributed by atoms with Crippen molar-refractivity contribution in [3.05, 3.63) is 20.8 Å². The number of rotatable bonds is 2. The maximum absolute atomic E-state index is 11.8. The summed E-state index contributed by atoms with van der Waals surface area (Å²) in [5.41, 5.74) is 5.51. The second-order valence-corrected chi connectivity index (χ2v) is 6.18. The van der Waals surface area contributed by atoms with Crippen molar-refractivity contribution >= 4 is 11.5 Å². The van der Waals surface area contributed by atoms with Crippen LogP contribution in [-0.4, -0.2) is 15.6 Å². The van der Waals surface area contributed by atoms with Crippen LogP contribution in [0.1, 0.15) is 39.5 Å². The van der Waals surface area contributed by atoms with Crippen LogP contribution in [0.2, 0.25) is 0 Å². The van der Waals surface area contributed by atoms with E-state index >= 15 is 0 Å². The number of aromatic nitrogens is 2. The van der Waals surface area contributed by atoms with Crippen LogP contribution in [0.4, 0.5) is 11.5 Å². The van der Waals surface area contributed by atoms with Crippen molar-refractivity contribution in [2.75, 3.05) is 11.1 Å². The van der Waals surface area contributed by atoms with Gasteiger partial charge in [0.25, 0.3) is 5.56 Å². The standard InChI is InChI=1S/C13H22N4O2/c1-13(2)6-4-5-8(7-13)15-9-10(14)17(3)12(19)16-11(9)18/h8,15H,4-7,14H2,1-3H3,(H,16,18,19). The Bertz CT molecular complexity index is 585. The van der Waals surface area contributed by atoms with Crippen molar-refractivity contribution in [3.8, 4) is 0 Å². The fraction of sp³-hybridized carbons (Fsp3) is 0.692. The second kappa shape index (κ2) is 4.75. The number of nitrogens with one attached hydrogen (secondary N) is 2. The van der Waals surface area contributed by atoms with E-state index in [0.29, 0.717) is 5.69 Å². The van der Waals surface area contributed by atoms with Crippen molar-refractivity contribution in [2.45, 2.75) is 45.6 Å². The fourth-order valence-corrected chi connectivity index (χ4v) is 2.80. The number of anilines is 2. The zero-order chi connectivity index (χ0) is 14.2. The minimum absolute atomic E-state index is 0.192. The first-order chi connectivity index (χ1) is 8.80. The molecule has 1 aromatic rings. The van der Waals surface area contributed by atoms with Gasteiger partial charge >= 0.3 is 5.69 Å². The summed E-state index contributed by atoms with van der Waals surface area (Å²) in [7, 11) is 1.55. The molecular formula is C13H22N4O2. The molecule has 19 heavy (non-hydrogen) atoms. The summed E-state index contributed by atoms with van der Waals surface area (Å²) < 4.78 is 1.25. The van der Waals surface area contributed by atoms with Gasteiger partial charge in [0.1, 0.15) is 11.5 Å². The first kappa shape index (κ1) is 13.7. The summed E-state index contributed by atoms with van der Waals surface area (Å²) in [6.07, 6.45) is 4.35. The number of hydrogen-bond donors (Lipinski definition) is 3. The van der Waals surface area contributed by atoms with Crippen molar-refractivity contribution in [2.24, 2.45) is 12.5 Å². The van der Waals surface area contributed by atoms with E-state index in [0.717, 1.165) is 19.3 Å². The number of hydrogen-bond acceptors (Lipinski definition) is 4. The number of aromatic amines is 1. The quantitative estimate of drug-likeness (QED) is 0.745. The minimum atomic E-state index is -0.489. The Balaban J connectivity index is 2.27. The molecule has 0 radical (unpaired) electrons. The molecule has 6 heteroatoms. The normalized spacial score (nSPS) is 22.2. The lowest BCUT2D eigenvalue weighted by atomic mass is 9.75. The van der Waals surface area contributed by atoms with Crippen LogP contribution >= 0.6 is 0 Å². The SMILES string of the molecule is Cn1c(N)c(NC2CCCC(C)(C)C2)c(=O)[nH]c1=O. The van der Waals surface area contributed by atoms with Crippen molar-refractivity contribution in [1.82, 2.24) is 9.55 Å². The zero-order valence-electron chi connectivity index (χ0n) is 11.7. The molecule has 1 atom stereocenters. The van der Waals surface area contributed by atoms with Crippen LogP contribution < -0.4 is 22.3 Å². The lowest BCUT2D eigenvalue weighted by Gasteiger charge is -2.36. The molecule has 6 nitrogen and oxygen atoms in total. The molecule has 0 bridgehead atoms. The molecule has 1 aromatic heterocycles. The third-order valence-electron chi connectivity index (χ3n) is 3.92. The van der Waals surface area contributed by atoms with E-state index in [2.05, 4.69) is 24.1 Å². The Morgan fingerprint density at radius 3 is 2.74 bits per heavy atom. The highest BCUT2D eigenvalue weighted by molar-refractivity contribution is 5.60. The molecule has 2 rings (SSSR count). The van der Waals surface area contributed by atoms with E-state index in [1.807, 2.05) is 0 Å². The van der Waals surface area contributed by atoms with Gasteiger partial charge in [-0.3, -0.25) is 14.3 Å². The molecule has 1 aliphatic rings. The van der Waals surface area contributed by atoms with Gasteiger partial charge in [0.05, 0.1) is 0 Å². The van der Waals surface area contributed by atoms with Gasteiger partial charge < -0.3 is 11.1 Å². The van der Waals surface area contributed by atoms with Gasteiger partial charge in [-0.1, -0.05) is 20.3 Å². The summed E-state index contributed by atoms with van der Waals surface area (Å²) in [6, 6.07) is 0.227. The Morgan fingerprint density at radius 1 is 1.42 bits per heavy atom. The van der Waals surface area contributed by atoms with Gasteiger partial charge in [-0.15, -0.1) is 0 Å². The highest BCUT2D eigenvalue weighted by Crippen LogP contribution is 2.36. The van der Waals surface area contributed by atoms with Gasteiger partial charge in [-0.25, -0.2) is 4.79 Å². The molecule has 4 N–H and O–H groups in total. The smallest absolute Gasteiger partial charge is 0.329 e. The zero-order valence-corrected chi connectivity index (χ0v) is 11.7. The summed E-state index contributed by atoms with van der Waals surface area (Å²) in [5, 5.41) is 3.21. The van der Waals surface area contributed by atoms with E-state index in [9.17, 15) is 9.59 Å². The summed E-state index contributed by atoms with van der Waals surface area (Å²) in [4.78, 5) is 25.5. The van der Waals surface area contributed by atoms with Crippen molar-refractivity contribution in [1.29, 1.82) is 0 Å². The van der Waals surface area contributed by atoms with E-state index in [4.69, 9.17) is 5.73 Å². The number of H-pyrrole nitrogens is 1. The van der Waals surface area contributed by atoms with Crippen LogP contribution in [0.15, 0.2) is 9.59 Å². The fourth-order valence-electron chi connectivity index (χ4n) is 2.80. The van der Waals surface area contributed by atoms with Crippen molar-refractivity contribution < 1.29 is 0 Å². The summed E-state index contributed by atoms with van der Waals surface area (Å²) >= 11 is 0. The Hall–Kier alpha value is -1.72. The van der Waals surface area contributed by atoms with Gasteiger partial charge in [-0.2, -0.15) is 0 Å². The molecule has 0 spiro atoms. The van der Waals surface area contributed by atoms with Gasteiger partial charge in [0.2, 0.25) is 0 Å². The van der Waals surface area contributed by atoms with E-state index in [1.165, 1.54) is 11.0 Å². The number of nitrogen functional groups attached to an aromatic ring is 1. The van der Waals surface area contributed by atoms with E-state index in [1.54, 1.807) is 7.05 Å². The average molecular weight is 266 g/mol. The highest BCUT2D eigenvalue weighted by atomic mass is 16.2. The molecule has 0 aromatic carbocycles. The van der Waals surface area contributed by atoms with Crippen LogP contribution in [-0.2, 0) is 7.05 Å². The molecular weight excluding hydrogens is 244 g/mol. The molecule has 0 aliphatic heterocycles. The maximum Gasteiger partial charge on any atom is 0.329 e. The Labute approximate surface area is 112 Å². The monoisotopic (exact) mass is 266 g/mol. The first-order valence-electron chi connectivity index (χ1n) is 6.65. The van der Waals surface area contributed by atoms with Gasteiger partial charge in [0, 0.05) is 13.1 Å². The van der Waals surface area contributed by atoms with Gasteiger partial charge in [-0.05, 0) is 24.7 Å². The topological polar surface area (TPSA) is 92.9 Å². The van der Waals surface area contributed by atoms with Gasteiger partial charge in [0.15, 0.2) is 0 Å². The Kier molecular flexibility index (Phi) is 3.43. The van der Waals surface area contributed by atoms with Crippen LogP contribution in [0.5, 0.6) is 0 Å². The third kappa shape index (κ3) is 2.83. The molecule has 106 valence electrons. The van der Waals surface area contributed by atoms with Crippen LogP contribution in [0.25, 0.3) is 0 Å². The molecule has 1 unspecified atom stereocenters. The van der Waals surface area contributed by atoms with Crippen LogP contribution in [0, 0.1) is 5.41 Å². The Morgan fingerprint density at radius 2 is 2.11 bits per heavy atom. The molecule has 1 aliphatic carbocycles. The van der Waals surface area contributed by atoms with Crippen molar-refractivity contribution in [3.63, 3.8) is 0 Å². The molecule has 0 amide bonds. The predicted molar refractivity (Wildman–Crippen MR) is 76.4 cm³/mol. The minimum Gasteiger partial charge on any atom is -0.383 e. The molecule has 0 saturated heterocycles. The predicted octanol–water partition coefficient (Wildman–Crippen LogP) is 1.04. The molecule has 1 heterocycles. The highest BCUT2D eigenvalue weighted by Gasteiger charge is 2.28. The largest absolute Gasteiger partial charge is 0.383 e. The van der Waals surface area contributed by atoms with Crippen LogP contribution in [0.3, 0.4) is 0 Å². The lowest BCUT2D eigenvalue weighted by molar-refractivity contribution is 0.229. The third-order valence-corrected chi connectivity index (χ3v) is 3.92. The average Bonchev–Trinajstić information content (AvgIpc) is 2.31. The van der Waals surface area contributed by atoms with E-state index in [-0.39, 0.29) is 17.3 Å². The first-order valence-corrected chi connectivity index (χ1v) is 6.65. The summed E-state index contributed by atoms with van der Waals surface area (Å²) in [6.45, 7) is 4.46. The number of nitrogens with zero attached hydrogens (tertiary/aromatic N) is 1. The molecule has 1 fully saturated rings. The maximum atomic E-state index is 11.8. The number of nitrogens with two attached hydrogens (primary N) is 1. The van der Waals surface area contributed by atoms with E-state index < -0.39 is 11.2 Å². The second-order valence-electron chi connectivity index (χ2n) is 6.18. The molecule has 1 saturated carbocycles. The lowest BCUT2D eigenvalue weighted by Crippen LogP contribution is -2.37. The summed E-state index contributed by atoms with van der Waals surface area (Å²) in [5.74, 6) is 0.192.